The van der Waals surface area contributed by atoms with E-state index >= 15 is 0 Å². The fourth-order valence-corrected chi connectivity index (χ4v) is 2.73. The third-order valence-electron chi connectivity index (χ3n) is 4.00. The van der Waals surface area contributed by atoms with Gasteiger partial charge >= 0.3 is 5.69 Å². The first-order valence-corrected chi connectivity index (χ1v) is 7.53. The average Bonchev–Trinajstić information content (AvgIpc) is 2.88. The van der Waals surface area contributed by atoms with E-state index in [0.29, 0.717) is 11.7 Å². The molecule has 0 saturated heterocycles. The molecule has 0 atom stereocenters. The fraction of sp³-hybridized carbons (Fsp3) is 0.438. The van der Waals surface area contributed by atoms with Crippen molar-refractivity contribution in [2.75, 3.05) is 0 Å². The number of hydrogen-bond acceptors (Lipinski definition) is 3. The van der Waals surface area contributed by atoms with Gasteiger partial charge in [-0.1, -0.05) is 49.1 Å². The Morgan fingerprint density at radius 3 is 2.67 bits per heavy atom. The molecule has 1 aliphatic carbocycles. The van der Waals surface area contributed by atoms with E-state index in [2.05, 4.69) is 15.3 Å². The summed E-state index contributed by atoms with van der Waals surface area (Å²) in [6, 6.07) is 7.92. The van der Waals surface area contributed by atoms with Gasteiger partial charge in [0, 0.05) is 11.8 Å². The summed E-state index contributed by atoms with van der Waals surface area (Å²) in [6.45, 7) is 2.03. The Labute approximate surface area is 123 Å². The lowest BCUT2D eigenvalue weighted by molar-refractivity contribution is 0.443. The maximum Gasteiger partial charge on any atom is 0.364 e. The molecule has 1 heterocycles. The van der Waals surface area contributed by atoms with Gasteiger partial charge in [-0.05, 0) is 25.7 Å². The van der Waals surface area contributed by atoms with E-state index < -0.39 is 0 Å². The van der Waals surface area contributed by atoms with Gasteiger partial charge in [0.15, 0.2) is 5.82 Å². The highest BCUT2D eigenvalue weighted by atomic mass is 16.2. The van der Waals surface area contributed by atoms with Crippen molar-refractivity contribution in [3.63, 3.8) is 0 Å². The van der Waals surface area contributed by atoms with E-state index in [0.717, 1.165) is 18.4 Å². The van der Waals surface area contributed by atoms with E-state index in [1.54, 1.807) is 0 Å². The molecule has 0 amide bonds. The van der Waals surface area contributed by atoms with Crippen LogP contribution < -0.4 is 5.69 Å². The smallest absolute Gasteiger partial charge is 0.244 e. The third kappa shape index (κ3) is 3.12. The van der Waals surface area contributed by atoms with Crippen LogP contribution in [0.2, 0.25) is 0 Å². The largest absolute Gasteiger partial charge is 0.364 e. The van der Waals surface area contributed by atoms with Gasteiger partial charge in [-0.15, -0.1) is 0 Å². The maximum atomic E-state index is 11.9. The number of hydrogen-bond donors (Lipinski definition) is 1. The Morgan fingerprint density at radius 1 is 1.24 bits per heavy atom. The van der Waals surface area contributed by atoms with Gasteiger partial charge in [0.25, 0.3) is 0 Å². The lowest BCUT2D eigenvalue weighted by Crippen LogP contribution is -2.15. The highest BCUT2D eigenvalue weighted by Gasteiger charge is 2.13. The predicted molar refractivity (Wildman–Crippen MR) is 83.5 cm³/mol. The van der Waals surface area contributed by atoms with E-state index in [1.807, 2.05) is 37.4 Å². The Bertz CT molecular complexity index is 675. The highest BCUT2D eigenvalue weighted by Crippen LogP contribution is 2.22. The number of benzene rings is 1. The van der Waals surface area contributed by atoms with Gasteiger partial charge in [0.2, 0.25) is 0 Å². The molecule has 110 valence electrons. The summed E-state index contributed by atoms with van der Waals surface area (Å²) in [5.41, 5.74) is 1.77. The number of H-pyrrole nitrogens is 1. The topological polar surface area (TPSA) is 63.0 Å². The van der Waals surface area contributed by atoms with Crippen LogP contribution in [-0.4, -0.2) is 21.1 Å². The van der Waals surface area contributed by atoms with Gasteiger partial charge in [-0.25, -0.2) is 9.89 Å². The van der Waals surface area contributed by atoms with Crippen LogP contribution in [-0.2, 0) is 0 Å². The Hall–Kier alpha value is -2.17. The second-order valence-electron chi connectivity index (χ2n) is 5.69. The van der Waals surface area contributed by atoms with Gasteiger partial charge in [0.05, 0.1) is 0 Å². The minimum Gasteiger partial charge on any atom is -0.244 e. The zero-order valence-electron chi connectivity index (χ0n) is 12.2. The summed E-state index contributed by atoms with van der Waals surface area (Å²) in [7, 11) is 0. The molecular formula is C16H20N4O. The molecule has 1 aliphatic rings. The van der Waals surface area contributed by atoms with Crippen molar-refractivity contribution < 1.29 is 0 Å². The normalized spacial score (nSPS) is 16.6. The van der Waals surface area contributed by atoms with E-state index in [-0.39, 0.29) is 5.69 Å². The Balaban J connectivity index is 1.88. The number of nitrogens with zero attached hydrogens (tertiary/aromatic N) is 3. The summed E-state index contributed by atoms with van der Waals surface area (Å²) in [4.78, 5) is 11.9. The zero-order chi connectivity index (χ0) is 14.7. The van der Waals surface area contributed by atoms with Crippen LogP contribution in [0.1, 0.15) is 37.7 Å². The van der Waals surface area contributed by atoms with E-state index in [1.165, 1.54) is 29.5 Å². The van der Waals surface area contributed by atoms with E-state index in [4.69, 9.17) is 0 Å². The van der Waals surface area contributed by atoms with Crippen LogP contribution in [0.25, 0.3) is 11.4 Å². The summed E-state index contributed by atoms with van der Waals surface area (Å²) in [6.07, 6.45) is 8.05. The van der Waals surface area contributed by atoms with Crippen LogP contribution in [0.5, 0.6) is 0 Å². The highest BCUT2D eigenvalue weighted by molar-refractivity contribution is 5.62. The monoisotopic (exact) mass is 284 g/mol. The molecule has 21 heavy (non-hydrogen) atoms. The first kappa shape index (κ1) is 13.8. The fourth-order valence-electron chi connectivity index (χ4n) is 2.73. The predicted octanol–water partition coefficient (Wildman–Crippen LogP) is 2.96. The minimum absolute atomic E-state index is 0.294. The quantitative estimate of drug-likeness (QED) is 0.881. The van der Waals surface area contributed by atoms with Crippen molar-refractivity contribution >= 4 is 6.21 Å². The molecular weight excluding hydrogens is 264 g/mol. The van der Waals surface area contributed by atoms with E-state index in [9.17, 15) is 4.79 Å². The van der Waals surface area contributed by atoms with Crippen molar-refractivity contribution in [3.05, 3.63) is 40.3 Å². The lowest BCUT2D eigenvalue weighted by Gasteiger charge is -2.16. The maximum absolute atomic E-state index is 11.9. The van der Waals surface area contributed by atoms with Gasteiger partial charge in [-0.3, -0.25) is 0 Å². The minimum atomic E-state index is -0.294. The molecule has 1 saturated carbocycles. The molecule has 0 unspecified atom stereocenters. The Morgan fingerprint density at radius 2 is 1.95 bits per heavy atom. The van der Waals surface area contributed by atoms with Crippen LogP contribution in [0.3, 0.4) is 0 Å². The molecule has 1 fully saturated rings. The molecule has 0 spiro atoms. The van der Waals surface area contributed by atoms with Crippen molar-refractivity contribution in [2.24, 2.45) is 11.0 Å². The van der Waals surface area contributed by atoms with Gasteiger partial charge in [0.1, 0.15) is 0 Å². The first-order valence-electron chi connectivity index (χ1n) is 7.53. The third-order valence-corrected chi connectivity index (χ3v) is 4.00. The summed E-state index contributed by atoms with van der Waals surface area (Å²) >= 11 is 0. The van der Waals surface area contributed by atoms with Crippen LogP contribution in [0, 0.1) is 12.8 Å². The Kier molecular flexibility index (Phi) is 3.99. The first-order chi connectivity index (χ1) is 10.2. The van der Waals surface area contributed by atoms with Crippen molar-refractivity contribution in [3.8, 4) is 11.4 Å². The van der Waals surface area contributed by atoms with Crippen molar-refractivity contribution in [1.29, 1.82) is 0 Å². The van der Waals surface area contributed by atoms with Gasteiger partial charge < -0.3 is 0 Å². The summed E-state index contributed by atoms with van der Waals surface area (Å²) in [5.74, 6) is 1.04. The molecule has 2 aromatic rings. The van der Waals surface area contributed by atoms with Gasteiger partial charge in [-0.2, -0.15) is 14.9 Å². The van der Waals surface area contributed by atoms with Crippen LogP contribution in [0.4, 0.5) is 0 Å². The average molecular weight is 284 g/mol. The second-order valence-corrected chi connectivity index (χ2v) is 5.69. The molecule has 0 bridgehead atoms. The van der Waals surface area contributed by atoms with Crippen LogP contribution in [0.15, 0.2) is 34.2 Å². The van der Waals surface area contributed by atoms with Crippen molar-refractivity contribution in [1.82, 2.24) is 14.9 Å². The number of nitrogens with one attached hydrogen (secondary N) is 1. The number of aromatic nitrogens is 3. The molecule has 0 aliphatic heterocycles. The second kappa shape index (κ2) is 6.08. The lowest BCUT2D eigenvalue weighted by atomic mass is 9.90. The molecule has 0 radical (unpaired) electrons. The molecule has 5 heteroatoms. The standard InChI is InChI=1S/C16H20N4O/c1-12-7-9-14(10-8-12)15-18-19-16(21)20(15)17-11-13-5-3-2-4-6-13/h7-11,13H,2-6H2,1H3,(H,19,21). The number of rotatable bonds is 3. The molecule has 1 aromatic heterocycles. The summed E-state index contributed by atoms with van der Waals surface area (Å²) in [5, 5.41) is 10.9. The number of aromatic amines is 1. The molecule has 1 N–H and O–H groups in total. The zero-order valence-corrected chi connectivity index (χ0v) is 12.2. The SMILES string of the molecule is Cc1ccc(-c2n[nH]c(=O)n2N=CC2CCCCC2)cc1. The number of aryl methyl sites for hydroxylation is 1. The summed E-state index contributed by atoms with van der Waals surface area (Å²) < 4.78 is 1.36. The molecule has 3 rings (SSSR count). The van der Waals surface area contributed by atoms with Crippen molar-refractivity contribution in [2.45, 2.75) is 39.0 Å². The molecule has 1 aromatic carbocycles. The molecule has 5 nitrogen and oxygen atoms in total. The van der Waals surface area contributed by atoms with Crippen LogP contribution >= 0.6 is 0 Å².